The number of para-hydroxylation sites is 1. The molecule has 20 heavy (non-hydrogen) atoms. The maximum atomic E-state index is 11.0. The number of hydrogen-bond donors (Lipinski definition) is 0. The number of ether oxygens (including phenoxy) is 3. The smallest absolute Gasteiger partial charge is 0.332 e. The summed E-state index contributed by atoms with van der Waals surface area (Å²) in [7, 11) is 0. The first-order chi connectivity index (χ1) is 9.69. The van der Waals surface area contributed by atoms with Crippen LogP contribution in [0.15, 0.2) is 36.9 Å². The van der Waals surface area contributed by atoms with E-state index in [1.807, 2.05) is 18.2 Å². The molecule has 0 aromatic heterocycles. The zero-order valence-corrected chi connectivity index (χ0v) is 11.6. The van der Waals surface area contributed by atoms with Gasteiger partial charge >= 0.3 is 5.97 Å². The molecule has 1 aromatic carbocycles. The molecule has 1 unspecified atom stereocenters. The predicted molar refractivity (Wildman–Crippen MR) is 74.1 cm³/mol. The first-order valence-corrected chi connectivity index (χ1v) is 6.56. The fraction of sp³-hybridized carbons (Fsp3) is 0.400. The number of benzene rings is 1. The molecule has 0 fully saturated rings. The summed E-state index contributed by atoms with van der Waals surface area (Å²) in [6.07, 6.45) is 0.549. The largest absolute Gasteiger partial charge is 0.478 e. The van der Waals surface area contributed by atoms with E-state index >= 15 is 0 Å². The summed E-state index contributed by atoms with van der Waals surface area (Å²) in [6.45, 7) is 7.58. The molecule has 0 saturated carbocycles. The second kappa shape index (κ2) is 7.07. The highest BCUT2D eigenvalue weighted by molar-refractivity contribution is 5.81. The van der Waals surface area contributed by atoms with Crippen LogP contribution < -0.4 is 4.74 Å². The molecule has 5 nitrogen and oxygen atoms in total. The minimum absolute atomic E-state index is 0.469. The van der Waals surface area contributed by atoms with E-state index < -0.39 is 12.3 Å². The van der Waals surface area contributed by atoms with Crippen molar-refractivity contribution in [1.29, 1.82) is 0 Å². The van der Waals surface area contributed by atoms with Gasteiger partial charge in [0.05, 0.1) is 6.61 Å². The van der Waals surface area contributed by atoms with E-state index in [9.17, 15) is 4.79 Å². The Hall–Kier alpha value is -1.85. The van der Waals surface area contributed by atoms with Gasteiger partial charge in [0, 0.05) is 24.7 Å². The normalized spacial score (nSPS) is 15.8. The van der Waals surface area contributed by atoms with Crippen LogP contribution in [0.3, 0.4) is 0 Å². The highest BCUT2D eigenvalue weighted by atomic mass is 16.7. The zero-order chi connectivity index (χ0) is 14.4. The van der Waals surface area contributed by atoms with Gasteiger partial charge in [-0.15, -0.1) is 0 Å². The fourth-order valence-corrected chi connectivity index (χ4v) is 1.96. The topological polar surface area (TPSA) is 48.0 Å². The number of fused-ring (bicyclic) bond motifs is 1. The summed E-state index contributed by atoms with van der Waals surface area (Å²) in [6, 6.07) is 7.99. The van der Waals surface area contributed by atoms with Gasteiger partial charge in [0.25, 0.3) is 0 Å². The Bertz CT molecular complexity index is 475. The van der Waals surface area contributed by atoms with Gasteiger partial charge in [-0.05, 0) is 13.0 Å². The third kappa shape index (κ3) is 4.08. The van der Waals surface area contributed by atoms with Gasteiger partial charge in [-0.2, -0.15) is 0 Å². The predicted octanol–water partition coefficient (Wildman–Crippen LogP) is 1.93. The first-order valence-electron chi connectivity index (χ1n) is 6.56. The lowest BCUT2D eigenvalue weighted by atomic mass is 10.2. The SMILES string of the molecule is C=CC(=O)OC(C)OCCN1COc2ccccc2C1. The molecule has 1 aliphatic heterocycles. The van der Waals surface area contributed by atoms with Crippen molar-refractivity contribution in [3.05, 3.63) is 42.5 Å². The molecule has 0 bridgehead atoms. The number of carbonyl (C=O) groups is 1. The molecule has 108 valence electrons. The van der Waals surface area contributed by atoms with Gasteiger partial charge in [0.2, 0.25) is 6.29 Å². The van der Waals surface area contributed by atoms with Crippen LogP contribution in [0.1, 0.15) is 12.5 Å². The van der Waals surface area contributed by atoms with Crippen LogP contribution in [0.4, 0.5) is 0 Å². The standard InChI is InChI=1S/C15H19NO4/c1-3-15(17)20-12(2)18-9-8-16-10-13-6-4-5-7-14(13)19-11-16/h3-7,12H,1,8-11H2,2H3. The molecule has 1 atom stereocenters. The van der Waals surface area contributed by atoms with E-state index in [1.165, 1.54) is 5.56 Å². The highest BCUT2D eigenvalue weighted by Gasteiger charge is 2.16. The Morgan fingerprint density at radius 2 is 2.35 bits per heavy atom. The lowest BCUT2D eigenvalue weighted by Crippen LogP contribution is -2.35. The summed E-state index contributed by atoms with van der Waals surface area (Å²) in [4.78, 5) is 13.1. The van der Waals surface area contributed by atoms with Crippen molar-refractivity contribution in [2.75, 3.05) is 19.9 Å². The van der Waals surface area contributed by atoms with Gasteiger partial charge in [-0.25, -0.2) is 4.79 Å². The molecule has 2 rings (SSSR count). The van der Waals surface area contributed by atoms with Crippen LogP contribution in [0.5, 0.6) is 5.75 Å². The number of esters is 1. The molecule has 1 aromatic rings. The maximum absolute atomic E-state index is 11.0. The third-order valence-corrected chi connectivity index (χ3v) is 2.98. The molecule has 0 spiro atoms. The molecule has 1 aliphatic rings. The summed E-state index contributed by atoms with van der Waals surface area (Å²) in [5, 5.41) is 0. The van der Waals surface area contributed by atoms with E-state index in [4.69, 9.17) is 14.2 Å². The van der Waals surface area contributed by atoms with Crippen LogP contribution in [0.25, 0.3) is 0 Å². The lowest BCUT2D eigenvalue weighted by Gasteiger charge is -2.29. The van der Waals surface area contributed by atoms with E-state index in [2.05, 4.69) is 17.5 Å². The van der Waals surface area contributed by atoms with Crippen molar-refractivity contribution in [2.45, 2.75) is 19.8 Å². The van der Waals surface area contributed by atoms with E-state index in [1.54, 1.807) is 6.92 Å². The van der Waals surface area contributed by atoms with Crippen LogP contribution in [0, 0.1) is 0 Å². The number of hydrogen-bond acceptors (Lipinski definition) is 5. The van der Waals surface area contributed by atoms with E-state index in [-0.39, 0.29) is 0 Å². The zero-order valence-electron chi connectivity index (χ0n) is 11.6. The minimum atomic E-state index is -0.571. The fourth-order valence-electron chi connectivity index (χ4n) is 1.96. The highest BCUT2D eigenvalue weighted by Crippen LogP contribution is 2.23. The van der Waals surface area contributed by atoms with Crippen LogP contribution in [-0.2, 0) is 20.8 Å². The van der Waals surface area contributed by atoms with Crippen molar-refractivity contribution in [2.24, 2.45) is 0 Å². The van der Waals surface area contributed by atoms with Crippen molar-refractivity contribution in [3.8, 4) is 5.75 Å². The van der Waals surface area contributed by atoms with Gasteiger partial charge in [-0.1, -0.05) is 24.8 Å². The van der Waals surface area contributed by atoms with Crippen LogP contribution >= 0.6 is 0 Å². The maximum Gasteiger partial charge on any atom is 0.332 e. The summed E-state index contributed by atoms with van der Waals surface area (Å²) in [5.74, 6) is 0.464. The van der Waals surface area contributed by atoms with Crippen LogP contribution in [0.2, 0.25) is 0 Å². The minimum Gasteiger partial charge on any atom is -0.478 e. The van der Waals surface area contributed by atoms with E-state index in [0.29, 0.717) is 19.9 Å². The molecule has 1 heterocycles. The second-order valence-electron chi connectivity index (χ2n) is 4.51. The summed E-state index contributed by atoms with van der Waals surface area (Å²) in [5.41, 5.74) is 1.17. The monoisotopic (exact) mass is 277 g/mol. The second-order valence-corrected chi connectivity index (χ2v) is 4.51. The molecule has 0 radical (unpaired) electrons. The van der Waals surface area contributed by atoms with Gasteiger partial charge in [0.1, 0.15) is 12.5 Å². The molecule has 5 heteroatoms. The average Bonchev–Trinajstić information content (AvgIpc) is 2.47. The van der Waals surface area contributed by atoms with Crippen molar-refractivity contribution in [3.63, 3.8) is 0 Å². The molecule has 0 aliphatic carbocycles. The lowest BCUT2D eigenvalue weighted by molar-refractivity contribution is -0.169. The molecule has 0 amide bonds. The number of carbonyl (C=O) groups excluding carboxylic acids is 1. The Morgan fingerprint density at radius 1 is 1.55 bits per heavy atom. The Morgan fingerprint density at radius 3 is 3.15 bits per heavy atom. The van der Waals surface area contributed by atoms with Crippen molar-refractivity contribution < 1.29 is 19.0 Å². The molecular formula is C15H19NO4. The Kier molecular flexibility index (Phi) is 5.15. The van der Waals surface area contributed by atoms with Crippen molar-refractivity contribution >= 4 is 5.97 Å². The molecule has 0 N–H and O–H groups in total. The van der Waals surface area contributed by atoms with E-state index in [0.717, 1.165) is 18.4 Å². The number of rotatable bonds is 6. The third-order valence-electron chi connectivity index (χ3n) is 2.98. The average molecular weight is 277 g/mol. The van der Waals surface area contributed by atoms with Gasteiger partial charge < -0.3 is 14.2 Å². The quantitative estimate of drug-likeness (QED) is 0.452. The summed E-state index contributed by atoms with van der Waals surface area (Å²) < 4.78 is 16.0. The molecular weight excluding hydrogens is 258 g/mol. The first kappa shape index (κ1) is 14.6. The molecule has 0 saturated heterocycles. The van der Waals surface area contributed by atoms with Gasteiger partial charge in [0.15, 0.2) is 0 Å². The Labute approximate surface area is 118 Å². The summed E-state index contributed by atoms with van der Waals surface area (Å²) >= 11 is 0. The van der Waals surface area contributed by atoms with Gasteiger partial charge in [-0.3, -0.25) is 4.90 Å². The van der Waals surface area contributed by atoms with Crippen molar-refractivity contribution in [1.82, 2.24) is 4.90 Å². The number of nitrogens with zero attached hydrogens (tertiary/aromatic N) is 1. The Balaban J connectivity index is 1.71. The van der Waals surface area contributed by atoms with Crippen LogP contribution in [-0.4, -0.2) is 37.0 Å².